The van der Waals surface area contributed by atoms with Gasteiger partial charge in [0.15, 0.2) is 17.3 Å². The summed E-state index contributed by atoms with van der Waals surface area (Å²) in [5.41, 5.74) is 1.64. The van der Waals surface area contributed by atoms with Crippen LogP contribution in [0.1, 0.15) is 11.4 Å². The van der Waals surface area contributed by atoms with Crippen molar-refractivity contribution in [1.29, 1.82) is 0 Å². The third-order valence-corrected chi connectivity index (χ3v) is 5.07. The predicted molar refractivity (Wildman–Crippen MR) is 124 cm³/mol. The molecule has 2 N–H and O–H groups in total. The molecule has 4 aromatic heterocycles. The second kappa shape index (κ2) is 8.89. The summed E-state index contributed by atoms with van der Waals surface area (Å²) in [6.45, 7) is 1.68. The van der Waals surface area contributed by atoms with E-state index in [0.29, 0.717) is 34.5 Å². The van der Waals surface area contributed by atoms with E-state index in [4.69, 9.17) is 0 Å². The van der Waals surface area contributed by atoms with E-state index in [1.807, 2.05) is 0 Å². The van der Waals surface area contributed by atoms with Crippen LogP contribution in [0.3, 0.4) is 0 Å². The zero-order valence-corrected chi connectivity index (χ0v) is 18.7. The number of hydrogen-bond acceptors (Lipinski definition) is 7. The van der Waals surface area contributed by atoms with Crippen molar-refractivity contribution in [2.24, 2.45) is 7.05 Å². The van der Waals surface area contributed by atoms with Gasteiger partial charge in [-0.25, -0.2) is 28.2 Å². The van der Waals surface area contributed by atoms with E-state index < -0.39 is 17.5 Å². The van der Waals surface area contributed by atoms with Crippen LogP contribution in [0.4, 0.5) is 26.2 Å². The Kier molecular flexibility index (Phi) is 5.61. The number of nitrogens with one attached hydrogen (secondary N) is 2. The van der Waals surface area contributed by atoms with Gasteiger partial charge in [-0.3, -0.25) is 9.48 Å². The number of carbonyl (C=O) groups is 1. The third-order valence-electron chi connectivity index (χ3n) is 5.07. The lowest BCUT2D eigenvalue weighted by molar-refractivity contribution is -0.115. The normalized spacial score (nSPS) is 11.1. The summed E-state index contributed by atoms with van der Waals surface area (Å²) in [6, 6.07) is 10.0. The summed E-state index contributed by atoms with van der Waals surface area (Å²) in [6.07, 6.45) is 3.13. The molecule has 0 bridgehead atoms. The second-order valence-corrected chi connectivity index (χ2v) is 7.75. The smallest absolute Gasteiger partial charge is 0.230 e. The van der Waals surface area contributed by atoms with Gasteiger partial charge < -0.3 is 10.6 Å². The Hall–Kier alpha value is -4.74. The van der Waals surface area contributed by atoms with Crippen molar-refractivity contribution < 1.29 is 13.6 Å². The van der Waals surface area contributed by atoms with Gasteiger partial charge in [0, 0.05) is 37.6 Å². The van der Waals surface area contributed by atoms with E-state index >= 15 is 0 Å². The van der Waals surface area contributed by atoms with Gasteiger partial charge in [-0.1, -0.05) is 6.07 Å². The highest BCUT2D eigenvalue weighted by atomic mass is 19.1. The molecule has 1 amide bonds. The molecule has 0 aliphatic rings. The van der Waals surface area contributed by atoms with E-state index in [2.05, 4.69) is 35.8 Å². The maximum atomic E-state index is 14.0. The van der Waals surface area contributed by atoms with E-state index in [0.717, 1.165) is 12.1 Å². The minimum Gasteiger partial charge on any atom is -0.322 e. The molecular formula is C23H19F2N9O. The van der Waals surface area contributed by atoms with Gasteiger partial charge in [0.2, 0.25) is 5.91 Å². The average Bonchev–Trinajstić information content (AvgIpc) is 3.38. The molecule has 10 nitrogen and oxygen atoms in total. The minimum atomic E-state index is -0.790. The summed E-state index contributed by atoms with van der Waals surface area (Å²) >= 11 is 0. The topological polar surface area (TPSA) is 115 Å². The van der Waals surface area contributed by atoms with Crippen LogP contribution in [0.15, 0.2) is 54.9 Å². The molecule has 0 saturated heterocycles. The van der Waals surface area contributed by atoms with Gasteiger partial charge in [-0.15, -0.1) is 0 Å². The number of halogens is 2. The molecule has 35 heavy (non-hydrogen) atoms. The number of nitrogens with zero attached hydrogens (tertiary/aromatic N) is 7. The van der Waals surface area contributed by atoms with E-state index in [9.17, 15) is 13.6 Å². The molecule has 12 heteroatoms. The van der Waals surface area contributed by atoms with Gasteiger partial charge in [-0.2, -0.15) is 10.2 Å². The molecule has 0 spiro atoms. The quantitative estimate of drug-likeness (QED) is 0.387. The van der Waals surface area contributed by atoms with Crippen LogP contribution in [-0.4, -0.2) is 40.3 Å². The summed E-state index contributed by atoms with van der Waals surface area (Å²) in [4.78, 5) is 26.0. The minimum absolute atomic E-state index is 0.0720. The molecule has 176 valence electrons. The van der Waals surface area contributed by atoms with Crippen molar-refractivity contribution in [2.75, 3.05) is 10.6 Å². The second-order valence-electron chi connectivity index (χ2n) is 7.75. The van der Waals surface area contributed by atoms with Crippen molar-refractivity contribution >= 4 is 29.0 Å². The lowest BCUT2D eigenvalue weighted by Crippen LogP contribution is -2.17. The summed E-state index contributed by atoms with van der Waals surface area (Å²) < 4.78 is 30.4. The highest BCUT2D eigenvalue weighted by molar-refractivity contribution is 5.92. The molecule has 0 aliphatic carbocycles. The number of amides is 1. The van der Waals surface area contributed by atoms with Crippen molar-refractivity contribution in [2.45, 2.75) is 13.3 Å². The number of rotatable bonds is 6. The maximum absolute atomic E-state index is 14.0. The molecule has 0 fully saturated rings. The van der Waals surface area contributed by atoms with Crippen molar-refractivity contribution in [3.05, 3.63) is 77.9 Å². The lowest BCUT2D eigenvalue weighted by atomic mass is 10.1. The number of aryl methyl sites for hydroxylation is 2. The predicted octanol–water partition coefficient (Wildman–Crippen LogP) is 3.43. The Morgan fingerprint density at radius 2 is 1.91 bits per heavy atom. The van der Waals surface area contributed by atoms with E-state index in [1.54, 1.807) is 59.8 Å². The van der Waals surface area contributed by atoms with Gasteiger partial charge in [0.1, 0.15) is 29.0 Å². The first kappa shape index (κ1) is 22.1. The van der Waals surface area contributed by atoms with E-state index in [-0.39, 0.29) is 17.8 Å². The van der Waals surface area contributed by atoms with Crippen LogP contribution in [0, 0.1) is 18.6 Å². The van der Waals surface area contributed by atoms with Crippen LogP contribution in [0.2, 0.25) is 0 Å². The fourth-order valence-corrected chi connectivity index (χ4v) is 3.59. The molecule has 5 rings (SSSR count). The SMILES string of the molecule is Cc1nc(NC(=O)Cc2ccc(F)cc2F)cc(-c2c(Nc3ccn(C)n3)nc3cccnn23)n1. The molecule has 0 aliphatic heterocycles. The number of aromatic nitrogens is 7. The fraction of sp³-hybridized carbons (Fsp3) is 0.130. The summed E-state index contributed by atoms with van der Waals surface area (Å²) in [5, 5.41) is 14.6. The first-order valence-electron chi connectivity index (χ1n) is 10.6. The molecule has 0 unspecified atom stereocenters. The third kappa shape index (κ3) is 4.67. The van der Waals surface area contributed by atoms with Crippen molar-refractivity contribution in [3.8, 4) is 11.4 Å². The average molecular weight is 475 g/mol. The van der Waals surface area contributed by atoms with Gasteiger partial charge in [0.25, 0.3) is 0 Å². The first-order valence-corrected chi connectivity index (χ1v) is 10.6. The zero-order chi connectivity index (χ0) is 24.5. The van der Waals surface area contributed by atoms with Crippen molar-refractivity contribution in [3.63, 3.8) is 0 Å². The highest BCUT2D eigenvalue weighted by Gasteiger charge is 2.19. The molecule has 4 heterocycles. The maximum Gasteiger partial charge on any atom is 0.230 e. The van der Waals surface area contributed by atoms with Crippen LogP contribution in [0.25, 0.3) is 17.0 Å². The molecule has 0 saturated carbocycles. The Balaban J connectivity index is 1.49. The zero-order valence-electron chi connectivity index (χ0n) is 18.7. The number of anilines is 3. The Labute approximate surface area is 197 Å². The van der Waals surface area contributed by atoms with Gasteiger partial charge in [0.05, 0.1) is 12.1 Å². The van der Waals surface area contributed by atoms with Crippen LogP contribution in [-0.2, 0) is 18.3 Å². The lowest BCUT2D eigenvalue weighted by Gasteiger charge is -2.09. The number of carbonyl (C=O) groups excluding carboxylic acids is 1. The molecular weight excluding hydrogens is 456 g/mol. The van der Waals surface area contributed by atoms with Crippen LogP contribution >= 0.6 is 0 Å². The molecule has 1 aromatic carbocycles. The molecule has 0 radical (unpaired) electrons. The first-order chi connectivity index (χ1) is 16.9. The van der Waals surface area contributed by atoms with Crippen LogP contribution in [0.5, 0.6) is 0 Å². The molecule has 5 aromatic rings. The standard InChI is InChI=1S/C23H19F2N9O/c1-13-27-17(12-19(28-13)29-21(35)10-14-5-6-15(24)11-16(14)25)22-23(30-18-7-9-33(2)32-18)31-20-4-3-8-26-34(20)22/h3-9,11-12H,10H2,1-2H3,(H,30,32)(H,27,28,29,35). The van der Waals surface area contributed by atoms with Crippen LogP contribution < -0.4 is 10.6 Å². The van der Waals surface area contributed by atoms with E-state index in [1.165, 1.54) is 6.07 Å². The number of fused-ring (bicyclic) bond motifs is 1. The fourth-order valence-electron chi connectivity index (χ4n) is 3.59. The Morgan fingerprint density at radius 1 is 1.06 bits per heavy atom. The largest absolute Gasteiger partial charge is 0.322 e. The Bertz CT molecular complexity index is 1560. The number of hydrogen-bond donors (Lipinski definition) is 2. The van der Waals surface area contributed by atoms with Crippen molar-refractivity contribution in [1.82, 2.24) is 34.3 Å². The molecule has 0 atom stereocenters. The highest BCUT2D eigenvalue weighted by Crippen LogP contribution is 2.30. The number of benzene rings is 1. The summed E-state index contributed by atoms with van der Waals surface area (Å²) in [5.74, 6) is -0.358. The van der Waals surface area contributed by atoms with Gasteiger partial charge >= 0.3 is 0 Å². The number of imidazole rings is 1. The summed E-state index contributed by atoms with van der Waals surface area (Å²) in [7, 11) is 1.80. The monoisotopic (exact) mass is 475 g/mol. The Morgan fingerprint density at radius 3 is 2.69 bits per heavy atom. The van der Waals surface area contributed by atoms with Gasteiger partial charge in [-0.05, 0) is 30.7 Å².